The highest BCUT2D eigenvalue weighted by Gasteiger charge is 2.32. The molecule has 2 heterocycles. The van der Waals surface area contributed by atoms with E-state index in [1.807, 2.05) is 0 Å². The van der Waals surface area contributed by atoms with Gasteiger partial charge < -0.3 is 15.2 Å². The van der Waals surface area contributed by atoms with Crippen molar-refractivity contribution in [2.45, 2.75) is 25.5 Å². The fraction of sp³-hybridized carbons (Fsp3) is 1.00. The summed E-state index contributed by atoms with van der Waals surface area (Å²) in [5.41, 5.74) is 5.97. The Balaban J connectivity index is 1.83. The predicted molar refractivity (Wildman–Crippen MR) is 58.8 cm³/mol. The Hall–Kier alpha value is -0.160. The zero-order chi connectivity index (χ0) is 10.9. The molecular formula is C11H22N2O2. The van der Waals surface area contributed by atoms with Crippen LogP contribution in [0.25, 0.3) is 0 Å². The summed E-state index contributed by atoms with van der Waals surface area (Å²) in [6.45, 7) is 9.72. The lowest BCUT2D eigenvalue weighted by Gasteiger charge is -2.39. The van der Waals surface area contributed by atoms with Crippen LogP contribution in [0.5, 0.6) is 0 Å². The molecule has 2 aliphatic rings. The molecule has 15 heavy (non-hydrogen) atoms. The van der Waals surface area contributed by atoms with Gasteiger partial charge in [0.1, 0.15) is 0 Å². The smallest absolute Gasteiger partial charge is 0.0753 e. The summed E-state index contributed by atoms with van der Waals surface area (Å²) in [4.78, 5) is 2.45. The van der Waals surface area contributed by atoms with Crippen molar-refractivity contribution in [2.24, 2.45) is 11.7 Å². The highest BCUT2D eigenvalue weighted by atomic mass is 16.5. The summed E-state index contributed by atoms with van der Waals surface area (Å²) in [7, 11) is 0. The van der Waals surface area contributed by atoms with Crippen LogP contribution in [0.15, 0.2) is 0 Å². The summed E-state index contributed by atoms with van der Waals surface area (Å²) in [5.74, 6) is 0.499. The zero-order valence-electron chi connectivity index (χ0n) is 9.74. The van der Waals surface area contributed by atoms with Gasteiger partial charge in [-0.25, -0.2) is 0 Å². The third kappa shape index (κ3) is 2.91. The third-order valence-electron chi connectivity index (χ3n) is 3.25. The summed E-state index contributed by atoms with van der Waals surface area (Å²) >= 11 is 0. The first-order valence-corrected chi connectivity index (χ1v) is 5.76. The van der Waals surface area contributed by atoms with Crippen LogP contribution in [0.4, 0.5) is 0 Å². The van der Waals surface area contributed by atoms with Crippen molar-refractivity contribution >= 4 is 0 Å². The Bertz CT molecular complexity index is 221. The topological polar surface area (TPSA) is 47.7 Å². The first-order valence-electron chi connectivity index (χ1n) is 5.76. The van der Waals surface area contributed by atoms with E-state index in [1.165, 1.54) is 0 Å². The molecule has 2 atom stereocenters. The minimum Gasteiger partial charge on any atom is -0.379 e. The van der Waals surface area contributed by atoms with E-state index in [4.69, 9.17) is 15.2 Å². The number of hydrogen-bond donors (Lipinski definition) is 1. The Labute approximate surface area is 91.7 Å². The van der Waals surface area contributed by atoms with E-state index in [-0.39, 0.29) is 11.6 Å². The number of ether oxygens (including phenoxy) is 2. The van der Waals surface area contributed by atoms with Crippen LogP contribution in [0.3, 0.4) is 0 Å². The molecule has 0 bridgehead atoms. The monoisotopic (exact) mass is 214 g/mol. The predicted octanol–water partition coefficient (Wildman–Crippen LogP) is 0.0709. The summed E-state index contributed by atoms with van der Waals surface area (Å²) in [6, 6.07) is 0.218. The van der Waals surface area contributed by atoms with E-state index < -0.39 is 0 Å². The normalized spacial score (nSPS) is 37.0. The molecule has 2 rings (SSSR count). The molecule has 4 heteroatoms. The van der Waals surface area contributed by atoms with E-state index in [0.717, 1.165) is 39.5 Å². The average Bonchev–Trinajstić information content (AvgIpc) is 2.50. The third-order valence-corrected chi connectivity index (χ3v) is 3.25. The van der Waals surface area contributed by atoms with Crippen LogP contribution in [-0.2, 0) is 9.47 Å². The summed E-state index contributed by atoms with van der Waals surface area (Å²) < 4.78 is 11.1. The van der Waals surface area contributed by atoms with Gasteiger partial charge in [-0.3, -0.25) is 4.90 Å². The van der Waals surface area contributed by atoms with Crippen molar-refractivity contribution < 1.29 is 9.47 Å². The molecule has 2 fully saturated rings. The van der Waals surface area contributed by atoms with E-state index in [1.54, 1.807) is 0 Å². The summed E-state index contributed by atoms with van der Waals surface area (Å²) in [5, 5.41) is 0. The number of nitrogens with zero attached hydrogens (tertiary/aromatic N) is 1. The first kappa shape index (κ1) is 11.3. The van der Waals surface area contributed by atoms with Gasteiger partial charge >= 0.3 is 0 Å². The van der Waals surface area contributed by atoms with E-state index in [0.29, 0.717) is 5.92 Å². The second kappa shape index (κ2) is 4.37. The second-order valence-electron chi connectivity index (χ2n) is 5.30. The van der Waals surface area contributed by atoms with E-state index in [2.05, 4.69) is 18.7 Å². The van der Waals surface area contributed by atoms with Gasteiger partial charge in [-0.15, -0.1) is 0 Å². The minimum atomic E-state index is -0.0121. The van der Waals surface area contributed by atoms with Crippen molar-refractivity contribution in [1.82, 2.24) is 4.90 Å². The van der Waals surface area contributed by atoms with Gasteiger partial charge in [-0.2, -0.15) is 0 Å². The van der Waals surface area contributed by atoms with E-state index >= 15 is 0 Å². The van der Waals surface area contributed by atoms with E-state index in [9.17, 15) is 0 Å². The van der Waals surface area contributed by atoms with Gasteiger partial charge in [0.15, 0.2) is 0 Å². The molecule has 0 radical (unpaired) electrons. The molecule has 2 saturated heterocycles. The molecule has 0 aromatic rings. The Kier molecular flexibility index (Phi) is 3.30. The Morgan fingerprint density at radius 1 is 1.40 bits per heavy atom. The van der Waals surface area contributed by atoms with Crippen LogP contribution >= 0.6 is 0 Å². The first-order chi connectivity index (χ1) is 7.07. The maximum Gasteiger partial charge on any atom is 0.0753 e. The second-order valence-corrected chi connectivity index (χ2v) is 5.30. The standard InChI is InChI=1S/C11H22N2O2/c1-11(2)8-13(3-4-15-11)5-9-6-14-7-10(9)12/h9-10H,3-8,12H2,1-2H3. The van der Waals surface area contributed by atoms with Crippen molar-refractivity contribution in [2.75, 3.05) is 39.5 Å². The van der Waals surface area contributed by atoms with Gasteiger partial charge in [0.2, 0.25) is 0 Å². The van der Waals surface area contributed by atoms with Crippen molar-refractivity contribution in [3.63, 3.8) is 0 Å². The van der Waals surface area contributed by atoms with Crippen LogP contribution < -0.4 is 5.73 Å². The van der Waals surface area contributed by atoms with Gasteiger partial charge in [-0.05, 0) is 13.8 Å². The quantitative estimate of drug-likeness (QED) is 0.707. The lowest BCUT2D eigenvalue weighted by atomic mass is 10.0. The van der Waals surface area contributed by atoms with Crippen molar-refractivity contribution in [1.29, 1.82) is 0 Å². The average molecular weight is 214 g/mol. The lowest BCUT2D eigenvalue weighted by Crippen LogP contribution is -2.51. The lowest BCUT2D eigenvalue weighted by molar-refractivity contribution is -0.0892. The maximum absolute atomic E-state index is 5.98. The SMILES string of the molecule is CC1(C)CN(CC2COCC2N)CCO1. The van der Waals surface area contributed by atoms with Gasteiger partial charge in [0.05, 0.1) is 25.4 Å². The van der Waals surface area contributed by atoms with Crippen LogP contribution in [0, 0.1) is 5.92 Å². The van der Waals surface area contributed by atoms with Gasteiger partial charge in [-0.1, -0.05) is 0 Å². The number of rotatable bonds is 2. The fourth-order valence-electron chi connectivity index (χ4n) is 2.40. The van der Waals surface area contributed by atoms with Crippen molar-refractivity contribution in [3.8, 4) is 0 Å². The molecule has 0 aromatic carbocycles. The molecule has 0 spiro atoms. The number of hydrogen-bond acceptors (Lipinski definition) is 4. The van der Waals surface area contributed by atoms with Crippen LogP contribution in [0.2, 0.25) is 0 Å². The molecule has 0 saturated carbocycles. The number of nitrogens with two attached hydrogens (primary N) is 1. The molecule has 2 aliphatic heterocycles. The van der Waals surface area contributed by atoms with Crippen molar-refractivity contribution in [3.05, 3.63) is 0 Å². The Morgan fingerprint density at radius 2 is 2.20 bits per heavy atom. The highest BCUT2D eigenvalue weighted by molar-refractivity contribution is 4.85. The summed E-state index contributed by atoms with van der Waals surface area (Å²) in [6.07, 6.45) is 0. The Morgan fingerprint density at radius 3 is 2.80 bits per heavy atom. The molecule has 88 valence electrons. The van der Waals surface area contributed by atoms with Gasteiger partial charge in [0, 0.05) is 31.6 Å². The molecule has 0 aliphatic carbocycles. The minimum absolute atomic E-state index is 0.0121. The largest absolute Gasteiger partial charge is 0.379 e. The molecule has 2 unspecified atom stereocenters. The highest BCUT2D eigenvalue weighted by Crippen LogP contribution is 2.20. The molecule has 0 aromatic heterocycles. The van der Waals surface area contributed by atoms with Crippen LogP contribution in [0.1, 0.15) is 13.8 Å². The zero-order valence-corrected chi connectivity index (χ0v) is 9.74. The molecule has 2 N–H and O–H groups in total. The van der Waals surface area contributed by atoms with Gasteiger partial charge in [0.25, 0.3) is 0 Å². The molecular weight excluding hydrogens is 192 g/mol. The molecule has 4 nitrogen and oxygen atoms in total. The fourth-order valence-corrected chi connectivity index (χ4v) is 2.40. The van der Waals surface area contributed by atoms with Crippen LogP contribution in [-0.4, -0.2) is 56.0 Å². The number of morpholine rings is 1. The maximum atomic E-state index is 5.98. The molecule has 0 amide bonds.